The van der Waals surface area contributed by atoms with Crippen molar-refractivity contribution in [1.82, 2.24) is 5.32 Å². The number of carbonyl (C=O) groups excluding carboxylic acids is 1. The quantitative estimate of drug-likeness (QED) is 0.153. The van der Waals surface area contributed by atoms with E-state index in [0.29, 0.717) is 6.42 Å². The second kappa shape index (κ2) is 8.69. The van der Waals surface area contributed by atoms with E-state index in [9.17, 15) is 28.5 Å². The van der Waals surface area contributed by atoms with Crippen LogP contribution < -0.4 is 5.32 Å². The molecule has 3 rings (SSSR count). The third-order valence-corrected chi connectivity index (χ3v) is 5.27. The minimum Gasteiger partial charge on any atom is -0.394 e. The molecule has 160 valence electrons. The molecule has 0 aromatic carbocycles. The summed E-state index contributed by atoms with van der Waals surface area (Å²) >= 11 is 0. The van der Waals surface area contributed by atoms with Crippen LogP contribution in [0.1, 0.15) is 6.42 Å². The van der Waals surface area contributed by atoms with Crippen molar-refractivity contribution in [1.29, 1.82) is 0 Å². The average molecular weight is 425 g/mol. The summed E-state index contributed by atoms with van der Waals surface area (Å²) in [6, 6.07) is 0. The number of amides is 1. The van der Waals surface area contributed by atoms with Gasteiger partial charge in [-0.05, 0) is 6.42 Å². The molecule has 3 aliphatic rings. The normalized spacial score (nSPS) is 40.0. The molecule has 8 unspecified atom stereocenters. The maximum atomic E-state index is 12.2. The first kappa shape index (κ1) is 21.5. The van der Waals surface area contributed by atoms with Crippen molar-refractivity contribution >= 4 is 16.3 Å². The second-order valence-electron chi connectivity index (χ2n) is 6.72. The van der Waals surface area contributed by atoms with Crippen LogP contribution in [0, 0.1) is 5.92 Å². The Kier molecular flexibility index (Phi) is 6.69. The lowest BCUT2D eigenvalue weighted by atomic mass is 9.93. The number of fused-ring (bicyclic) bond motifs is 2. The molecule has 3 heterocycles. The molecule has 0 spiro atoms. The Balaban J connectivity index is 1.48. The zero-order chi connectivity index (χ0) is 20.5. The molecule has 28 heavy (non-hydrogen) atoms. The maximum absolute atomic E-state index is 12.2. The van der Waals surface area contributed by atoms with E-state index in [1.807, 2.05) is 12.2 Å². The highest BCUT2D eigenvalue weighted by molar-refractivity contribution is 7.80. The predicted molar refractivity (Wildman–Crippen MR) is 89.1 cm³/mol. The van der Waals surface area contributed by atoms with E-state index in [1.54, 1.807) is 0 Å². The molecule has 13 heteroatoms. The number of aliphatic hydroxyl groups excluding tert-OH is 3. The number of nitrogens with one attached hydrogen (secondary N) is 1. The van der Waals surface area contributed by atoms with Crippen LogP contribution >= 0.6 is 0 Å². The van der Waals surface area contributed by atoms with E-state index >= 15 is 0 Å². The SMILES string of the molecule is O=C(NCCOC1OC(CO)C(O)C(OS(=O)(=O)O)C1O)C1CC2C=CC1O2. The third kappa shape index (κ3) is 4.87. The number of hydrogen-bond donors (Lipinski definition) is 5. The first-order valence-electron chi connectivity index (χ1n) is 8.71. The van der Waals surface area contributed by atoms with Crippen LogP contribution in [0.3, 0.4) is 0 Å². The van der Waals surface area contributed by atoms with Crippen LogP contribution in [0.2, 0.25) is 0 Å². The lowest BCUT2D eigenvalue weighted by Gasteiger charge is -2.40. The second-order valence-corrected chi connectivity index (χ2v) is 7.77. The highest BCUT2D eigenvalue weighted by Gasteiger charge is 2.47. The Labute approximate surface area is 161 Å². The summed E-state index contributed by atoms with van der Waals surface area (Å²) in [5.41, 5.74) is 0. The van der Waals surface area contributed by atoms with Gasteiger partial charge in [0.1, 0.15) is 24.4 Å². The molecule has 1 amide bonds. The topological polar surface area (TPSA) is 181 Å². The maximum Gasteiger partial charge on any atom is 0.397 e. The van der Waals surface area contributed by atoms with Gasteiger partial charge in [0.2, 0.25) is 5.91 Å². The predicted octanol–water partition coefficient (Wildman–Crippen LogP) is -2.91. The number of ether oxygens (including phenoxy) is 3. The number of hydrogen-bond acceptors (Lipinski definition) is 10. The largest absolute Gasteiger partial charge is 0.397 e. The average Bonchev–Trinajstić information content (AvgIpc) is 3.26. The zero-order valence-electron chi connectivity index (χ0n) is 14.7. The summed E-state index contributed by atoms with van der Waals surface area (Å²) in [6.45, 7) is -0.759. The first-order valence-corrected chi connectivity index (χ1v) is 10.1. The van der Waals surface area contributed by atoms with Crippen molar-refractivity contribution in [3.8, 4) is 0 Å². The number of rotatable bonds is 8. The van der Waals surface area contributed by atoms with Gasteiger partial charge < -0.3 is 34.8 Å². The van der Waals surface area contributed by atoms with E-state index in [0.717, 1.165) is 0 Å². The van der Waals surface area contributed by atoms with Crippen LogP contribution in [0.25, 0.3) is 0 Å². The fourth-order valence-electron chi connectivity index (χ4n) is 3.45. The van der Waals surface area contributed by atoms with Crippen LogP contribution in [0.4, 0.5) is 0 Å². The van der Waals surface area contributed by atoms with Crippen molar-refractivity contribution in [3.05, 3.63) is 12.2 Å². The monoisotopic (exact) mass is 425 g/mol. The Morgan fingerprint density at radius 1 is 1.21 bits per heavy atom. The van der Waals surface area contributed by atoms with Crippen molar-refractivity contribution in [3.63, 3.8) is 0 Å². The van der Waals surface area contributed by atoms with Crippen LogP contribution in [-0.4, -0.2) is 96.9 Å². The van der Waals surface area contributed by atoms with E-state index in [4.69, 9.17) is 18.8 Å². The van der Waals surface area contributed by atoms with Gasteiger partial charge in [-0.2, -0.15) is 8.42 Å². The molecule has 8 atom stereocenters. The molecule has 2 bridgehead atoms. The smallest absolute Gasteiger partial charge is 0.394 e. The molecular weight excluding hydrogens is 402 g/mol. The summed E-state index contributed by atoms with van der Waals surface area (Å²) in [5, 5.41) is 31.9. The molecule has 3 aliphatic heterocycles. The van der Waals surface area contributed by atoms with Crippen molar-refractivity contribution in [2.24, 2.45) is 5.92 Å². The van der Waals surface area contributed by atoms with E-state index < -0.39 is 47.7 Å². The van der Waals surface area contributed by atoms with Crippen molar-refractivity contribution in [2.45, 2.75) is 49.3 Å². The lowest BCUT2D eigenvalue weighted by molar-refractivity contribution is -0.296. The Bertz CT molecular complexity index is 698. The highest BCUT2D eigenvalue weighted by Crippen LogP contribution is 2.33. The van der Waals surface area contributed by atoms with Gasteiger partial charge in [-0.15, -0.1) is 0 Å². The summed E-state index contributed by atoms with van der Waals surface area (Å²) in [5.74, 6) is -0.491. The van der Waals surface area contributed by atoms with Gasteiger partial charge >= 0.3 is 10.4 Å². The van der Waals surface area contributed by atoms with Gasteiger partial charge in [0, 0.05) is 6.54 Å². The third-order valence-electron chi connectivity index (χ3n) is 4.80. The Hall–Kier alpha value is -1.16. The molecule has 0 aromatic rings. The standard InChI is InChI=1S/C15H23NO11S/c17-6-10-11(18)13(27-28(21,22)23)12(19)15(26-10)24-4-3-16-14(20)8-5-7-1-2-9(8)25-7/h1-2,7-13,15,17-19H,3-6H2,(H,16,20)(H,21,22,23). The molecule has 0 aliphatic carbocycles. The van der Waals surface area contributed by atoms with E-state index in [-0.39, 0.29) is 37.2 Å². The van der Waals surface area contributed by atoms with Gasteiger partial charge in [0.25, 0.3) is 0 Å². The molecule has 0 aromatic heterocycles. The zero-order valence-corrected chi connectivity index (χ0v) is 15.5. The minimum absolute atomic E-state index is 0.0376. The minimum atomic E-state index is -4.98. The highest BCUT2D eigenvalue weighted by atomic mass is 32.3. The van der Waals surface area contributed by atoms with Crippen LogP contribution in [-0.2, 0) is 33.6 Å². The molecule has 0 saturated carbocycles. The summed E-state index contributed by atoms with van der Waals surface area (Å²) in [6.07, 6.45) is -4.00. The van der Waals surface area contributed by atoms with Crippen LogP contribution in [0.5, 0.6) is 0 Å². The lowest BCUT2D eigenvalue weighted by Crippen LogP contribution is -2.60. The van der Waals surface area contributed by atoms with Crippen LogP contribution in [0.15, 0.2) is 12.2 Å². The fourth-order valence-corrected chi connectivity index (χ4v) is 3.96. The molecular formula is C15H23NO11S. The summed E-state index contributed by atoms with van der Waals surface area (Å²) in [4.78, 5) is 12.2. The van der Waals surface area contributed by atoms with Gasteiger partial charge in [-0.25, -0.2) is 4.18 Å². The fraction of sp³-hybridized carbons (Fsp3) is 0.800. The number of carbonyl (C=O) groups is 1. The molecule has 5 N–H and O–H groups in total. The van der Waals surface area contributed by atoms with E-state index in [1.165, 1.54) is 0 Å². The molecule has 2 saturated heterocycles. The number of aliphatic hydroxyl groups is 3. The van der Waals surface area contributed by atoms with Gasteiger partial charge in [-0.3, -0.25) is 9.35 Å². The molecule has 0 radical (unpaired) electrons. The van der Waals surface area contributed by atoms with Crippen molar-refractivity contribution in [2.75, 3.05) is 19.8 Å². The van der Waals surface area contributed by atoms with Gasteiger partial charge in [0.05, 0.1) is 31.3 Å². The van der Waals surface area contributed by atoms with Gasteiger partial charge in [-0.1, -0.05) is 12.2 Å². The molecule has 12 nitrogen and oxygen atoms in total. The first-order chi connectivity index (χ1) is 13.2. The Morgan fingerprint density at radius 2 is 1.96 bits per heavy atom. The Morgan fingerprint density at radius 3 is 2.54 bits per heavy atom. The van der Waals surface area contributed by atoms with Gasteiger partial charge in [0.15, 0.2) is 6.29 Å². The van der Waals surface area contributed by atoms with Crippen molar-refractivity contribution < 1.29 is 51.5 Å². The summed E-state index contributed by atoms with van der Waals surface area (Å²) < 4.78 is 50.9. The van der Waals surface area contributed by atoms with E-state index in [2.05, 4.69) is 9.50 Å². The molecule has 2 fully saturated rings. The summed E-state index contributed by atoms with van der Waals surface area (Å²) in [7, 11) is -4.98.